The molecule has 2 aromatic carbocycles. The molecule has 3 rings (SSSR count). The standard InChI is InChI=1S/C20H22N2O3/c1-13(2)15-5-7-16(8-6-15)21-19(23)11-14-4-9-18-17(10-14)22(3)20(24)12-25-18/h4-10,13H,11-12H2,1-3H3,(H,21,23). The van der Waals surface area contributed by atoms with Crippen LogP contribution in [0.2, 0.25) is 0 Å². The largest absolute Gasteiger partial charge is 0.482 e. The summed E-state index contributed by atoms with van der Waals surface area (Å²) < 4.78 is 5.40. The van der Waals surface area contributed by atoms with Gasteiger partial charge in [-0.2, -0.15) is 0 Å². The molecule has 0 atom stereocenters. The first-order chi connectivity index (χ1) is 11.9. The van der Waals surface area contributed by atoms with E-state index in [1.54, 1.807) is 18.0 Å². The van der Waals surface area contributed by atoms with Crippen LogP contribution in [0.5, 0.6) is 5.75 Å². The maximum atomic E-state index is 12.3. The van der Waals surface area contributed by atoms with Gasteiger partial charge in [0.05, 0.1) is 12.1 Å². The summed E-state index contributed by atoms with van der Waals surface area (Å²) in [5.41, 5.74) is 3.55. The number of nitrogens with one attached hydrogen (secondary N) is 1. The van der Waals surface area contributed by atoms with Crippen LogP contribution in [0.25, 0.3) is 0 Å². The van der Waals surface area contributed by atoms with E-state index in [9.17, 15) is 9.59 Å². The number of carbonyl (C=O) groups is 2. The number of carbonyl (C=O) groups excluding carboxylic acids is 2. The van der Waals surface area contributed by atoms with E-state index in [2.05, 4.69) is 19.2 Å². The second-order valence-corrected chi connectivity index (χ2v) is 6.55. The monoisotopic (exact) mass is 338 g/mol. The maximum absolute atomic E-state index is 12.3. The zero-order valence-corrected chi connectivity index (χ0v) is 14.7. The van der Waals surface area contributed by atoms with Crippen LogP contribution in [0.3, 0.4) is 0 Å². The number of amides is 2. The molecular weight excluding hydrogens is 316 g/mol. The quantitative estimate of drug-likeness (QED) is 0.930. The van der Waals surface area contributed by atoms with Crippen molar-refractivity contribution in [1.82, 2.24) is 0 Å². The maximum Gasteiger partial charge on any atom is 0.264 e. The Hall–Kier alpha value is -2.82. The first kappa shape index (κ1) is 17.0. The lowest BCUT2D eigenvalue weighted by Crippen LogP contribution is -2.35. The second-order valence-electron chi connectivity index (χ2n) is 6.55. The Morgan fingerprint density at radius 2 is 1.92 bits per heavy atom. The van der Waals surface area contributed by atoms with E-state index < -0.39 is 0 Å². The van der Waals surface area contributed by atoms with Crippen molar-refractivity contribution in [3.63, 3.8) is 0 Å². The fourth-order valence-electron chi connectivity index (χ4n) is 2.77. The summed E-state index contributed by atoms with van der Waals surface area (Å²) in [6.07, 6.45) is 0.237. The molecule has 5 heteroatoms. The van der Waals surface area contributed by atoms with Gasteiger partial charge in [0.1, 0.15) is 5.75 Å². The van der Waals surface area contributed by atoms with Gasteiger partial charge in [0, 0.05) is 12.7 Å². The SMILES string of the molecule is CC(C)c1ccc(NC(=O)Cc2ccc3c(c2)N(C)C(=O)CO3)cc1. The molecule has 0 spiro atoms. The average Bonchev–Trinajstić information content (AvgIpc) is 2.59. The molecule has 1 aliphatic heterocycles. The van der Waals surface area contributed by atoms with Gasteiger partial charge in [-0.25, -0.2) is 0 Å². The first-order valence-electron chi connectivity index (χ1n) is 8.36. The molecule has 0 saturated heterocycles. The van der Waals surface area contributed by atoms with Gasteiger partial charge in [-0.3, -0.25) is 9.59 Å². The molecule has 0 unspecified atom stereocenters. The molecule has 0 saturated carbocycles. The Kier molecular flexibility index (Phi) is 4.74. The molecule has 2 aromatic rings. The molecule has 25 heavy (non-hydrogen) atoms. The number of fused-ring (bicyclic) bond motifs is 1. The minimum atomic E-state index is -0.0978. The molecule has 1 aliphatic rings. The van der Waals surface area contributed by atoms with Crippen LogP contribution < -0.4 is 15.0 Å². The van der Waals surface area contributed by atoms with Crippen molar-refractivity contribution in [3.05, 3.63) is 53.6 Å². The van der Waals surface area contributed by atoms with Gasteiger partial charge in [0.2, 0.25) is 5.91 Å². The number of hydrogen-bond acceptors (Lipinski definition) is 3. The Balaban J connectivity index is 1.68. The predicted octanol–water partition coefficient (Wildman–Crippen LogP) is 3.35. The van der Waals surface area contributed by atoms with Crippen molar-refractivity contribution in [2.75, 3.05) is 23.9 Å². The summed E-state index contributed by atoms with van der Waals surface area (Å²) in [6, 6.07) is 13.4. The highest BCUT2D eigenvalue weighted by Gasteiger charge is 2.22. The van der Waals surface area contributed by atoms with Crippen LogP contribution >= 0.6 is 0 Å². The molecule has 0 aliphatic carbocycles. The number of hydrogen-bond donors (Lipinski definition) is 1. The van der Waals surface area contributed by atoms with Crippen molar-refractivity contribution >= 4 is 23.2 Å². The fourth-order valence-corrected chi connectivity index (χ4v) is 2.77. The van der Waals surface area contributed by atoms with Crippen molar-refractivity contribution in [1.29, 1.82) is 0 Å². The highest BCUT2D eigenvalue weighted by molar-refractivity contribution is 5.98. The molecule has 5 nitrogen and oxygen atoms in total. The third-order valence-electron chi connectivity index (χ3n) is 4.34. The highest BCUT2D eigenvalue weighted by atomic mass is 16.5. The van der Waals surface area contributed by atoms with Gasteiger partial charge in [0.15, 0.2) is 6.61 Å². The Bertz CT molecular complexity index is 797. The Morgan fingerprint density at radius 1 is 1.20 bits per heavy atom. The third-order valence-corrected chi connectivity index (χ3v) is 4.34. The first-order valence-corrected chi connectivity index (χ1v) is 8.36. The summed E-state index contributed by atoms with van der Waals surface area (Å²) in [5.74, 6) is 0.931. The lowest BCUT2D eigenvalue weighted by atomic mass is 10.0. The van der Waals surface area contributed by atoms with Crippen LogP contribution in [0.1, 0.15) is 30.9 Å². The number of likely N-dealkylation sites (N-methyl/N-ethyl adjacent to an activating group) is 1. The van der Waals surface area contributed by atoms with Crippen LogP contribution in [0.15, 0.2) is 42.5 Å². The van der Waals surface area contributed by atoms with Crippen LogP contribution in [0.4, 0.5) is 11.4 Å². The minimum absolute atomic E-state index is 0.0513. The molecule has 1 heterocycles. The molecular formula is C20H22N2O3. The molecule has 130 valence electrons. The van der Waals surface area contributed by atoms with Crippen molar-refractivity contribution < 1.29 is 14.3 Å². The van der Waals surface area contributed by atoms with E-state index in [-0.39, 0.29) is 24.8 Å². The molecule has 0 bridgehead atoms. The number of anilines is 2. The predicted molar refractivity (Wildman–Crippen MR) is 98.2 cm³/mol. The zero-order chi connectivity index (χ0) is 18.0. The molecule has 0 radical (unpaired) electrons. The third kappa shape index (κ3) is 3.82. The lowest BCUT2D eigenvalue weighted by molar-refractivity contribution is -0.121. The summed E-state index contributed by atoms with van der Waals surface area (Å²) in [4.78, 5) is 25.6. The average molecular weight is 338 g/mol. The molecule has 1 N–H and O–H groups in total. The minimum Gasteiger partial charge on any atom is -0.482 e. The summed E-state index contributed by atoms with van der Waals surface area (Å²) in [5, 5.41) is 2.91. The highest BCUT2D eigenvalue weighted by Crippen LogP contribution is 2.32. The van der Waals surface area contributed by atoms with Crippen molar-refractivity contribution in [2.24, 2.45) is 0 Å². The van der Waals surface area contributed by atoms with E-state index in [1.165, 1.54) is 5.56 Å². The van der Waals surface area contributed by atoms with Gasteiger partial charge in [0.25, 0.3) is 5.91 Å². The van der Waals surface area contributed by atoms with E-state index in [0.29, 0.717) is 17.4 Å². The van der Waals surface area contributed by atoms with Gasteiger partial charge < -0.3 is 15.0 Å². The fraction of sp³-hybridized carbons (Fsp3) is 0.300. The smallest absolute Gasteiger partial charge is 0.264 e. The summed E-state index contributed by atoms with van der Waals surface area (Å²) in [6.45, 7) is 4.32. The topological polar surface area (TPSA) is 58.6 Å². The number of nitrogens with zero attached hydrogens (tertiary/aromatic N) is 1. The zero-order valence-electron chi connectivity index (χ0n) is 14.7. The Labute approximate surface area is 147 Å². The number of benzene rings is 2. The number of ether oxygens (including phenoxy) is 1. The van der Waals surface area contributed by atoms with Crippen LogP contribution in [-0.4, -0.2) is 25.5 Å². The van der Waals surface area contributed by atoms with E-state index in [0.717, 1.165) is 11.3 Å². The van der Waals surface area contributed by atoms with Crippen molar-refractivity contribution in [2.45, 2.75) is 26.2 Å². The van der Waals surface area contributed by atoms with Gasteiger partial charge in [-0.15, -0.1) is 0 Å². The summed E-state index contributed by atoms with van der Waals surface area (Å²) in [7, 11) is 1.71. The lowest BCUT2D eigenvalue weighted by Gasteiger charge is -2.26. The normalized spacial score (nSPS) is 13.4. The molecule has 0 fully saturated rings. The van der Waals surface area contributed by atoms with E-state index >= 15 is 0 Å². The van der Waals surface area contributed by atoms with Crippen LogP contribution in [0, 0.1) is 0 Å². The van der Waals surface area contributed by atoms with E-state index in [1.807, 2.05) is 36.4 Å². The second kappa shape index (κ2) is 6.97. The molecule has 0 aromatic heterocycles. The number of rotatable bonds is 4. The van der Waals surface area contributed by atoms with Gasteiger partial charge in [-0.05, 0) is 41.3 Å². The molecule has 2 amide bonds. The summed E-state index contributed by atoms with van der Waals surface area (Å²) >= 11 is 0. The van der Waals surface area contributed by atoms with Crippen LogP contribution in [-0.2, 0) is 16.0 Å². The van der Waals surface area contributed by atoms with Gasteiger partial charge >= 0.3 is 0 Å². The van der Waals surface area contributed by atoms with Gasteiger partial charge in [-0.1, -0.05) is 32.0 Å². The Morgan fingerprint density at radius 3 is 2.60 bits per heavy atom. The van der Waals surface area contributed by atoms with Crippen molar-refractivity contribution in [3.8, 4) is 5.75 Å². The van der Waals surface area contributed by atoms with E-state index in [4.69, 9.17) is 4.74 Å².